The third kappa shape index (κ3) is 3.41. The summed E-state index contributed by atoms with van der Waals surface area (Å²) in [7, 11) is 1.84. The molecule has 19 heavy (non-hydrogen) atoms. The Labute approximate surface area is 117 Å². The Morgan fingerprint density at radius 3 is 2.58 bits per heavy atom. The average Bonchev–Trinajstić information content (AvgIpc) is 2.85. The van der Waals surface area contributed by atoms with Gasteiger partial charge in [-0.25, -0.2) is 9.97 Å². The highest BCUT2D eigenvalue weighted by Gasteiger charge is 2.11. The molecule has 1 unspecified atom stereocenters. The van der Waals surface area contributed by atoms with Gasteiger partial charge in [-0.2, -0.15) is 0 Å². The number of nitrogens with zero attached hydrogens (tertiary/aromatic N) is 2. The summed E-state index contributed by atoms with van der Waals surface area (Å²) < 4.78 is 5.60. The highest BCUT2D eigenvalue weighted by atomic mass is 32.2. The van der Waals surface area contributed by atoms with Gasteiger partial charge in [0.25, 0.3) is 0 Å². The van der Waals surface area contributed by atoms with Crippen molar-refractivity contribution in [1.82, 2.24) is 9.97 Å². The van der Waals surface area contributed by atoms with E-state index in [1.165, 1.54) is 11.8 Å². The molecule has 2 aromatic rings. The minimum absolute atomic E-state index is 0.0583. The van der Waals surface area contributed by atoms with Crippen LogP contribution in [0.15, 0.2) is 27.8 Å². The van der Waals surface area contributed by atoms with Gasteiger partial charge in [0.1, 0.15) is 23.2 Å². The summed E-state index contributed by atoms with van der Waals surface area (Å²) in [5, 5.41) is 7.09. The van der Waals surface area contributed by atoms with E-state index in [-0.39, 0.29) is 6.04 Å². The number of nitrogens with one attached hydrogen (secondary N) is 2. The van der Waals surface area contributed by atoms with Crippen molar-refractivity contribution in [2.45, 2.75) is 25.0 Å². The van der Waals surface area contributed by atoms with Crippen LogP contribution in [0, 0.1) is 6.92 Å². The van der Waals surface area contributed by atoms with Crippen molar-refractivity contribution in [2.75, 3.05) is 23.9 Å². The van der Waals surface area contributed by atoms with Crippen LogP contribution < -0.4 is 10.6 Å². The predicted molar refractivity (Wildman–Crippen MR) is 78.8 cm³/mol. The Bertz CT molecular complexity index is 533. The van der Waals surface area contributed by atoms with Crippen molar-refractivity contribution in [3.63, 3.8) is 0 Å². The summed E-state index contributed by atoms with van der Waals surface area (Å²) in [4.78, 5) is 8.76. The topological polar surface area (TPSA) is 63.0 Å². The van der Waals surface area contributed by atoms with Crippen LogP contribution in [0.1, 0.15) is 24.5 Å². The highest BCUT2D eigenvalue weighted by molar-refractivity contribution is 7.98. The Morgan fingerprint density at radius 2 is 2.00 bits per heavy atom. The lowest BCUT2D eigenvalue weighted by Crippen LogP contribution is -2.08. The van der Waals surface area contributed by atoms with E-state index in [2.05, 4.69) is 20.6 Å². The van der Waals surface area contributed by atoms with Gasteiger partial charge in [-0.15, -0.1) is 0 Å². The molecule has 0 aliphatic carbocycles. The Hall–Kier alpha value is -1.69. The van der Waals surface area contributed by atoms with Crippen LogP contribution in [0.2, 0.25) is 0 Å². The predicted octanol–water partition coefficient (Wildman–Crippen LogP) is 3.31. The molecular weight excluding hydrogens is 260 g/mol. The van der Waals surface area contributed by atoms with Gasteiger partial charge >= 0.3 is 0 Å². The van der Waals surface area contributed by atoms with Crippen molar-refractivity contribution in [3.05, 3.63) is 29.7 Å². The normalized spacial score (nSPS) is 12.2. The highest BCUT2D eigenvalue weighted by Crippen LogP contribution is 2.23. The van der Waals surface area contributed by atoms with E-state index >= 15 is 0 Å². The summed E-state index contributed by atoms with van der Waals surface area (Å²) >= 11 is 1.51. The Kier molecular flexibility index (Phi) is 4.31. The van der Waals surface area contributed by atoms with E-state index in [4.69, 9.17) is 4.42 Å². The zero-order valence-corrected chi connectivity index (χ0v) is 12.3. The molecule has 2 rings (SSSR count). The quantitative estimate of drug-likeness (QED) is 0.646. The van der Waals surface area contributed by atoms with E-state index in [1.54, 1.807) is 0 Å². The van der Waals surface area contributed by atoms with Crippen molar-refractivity contribution >= 4 is 23.4 Å². The fourth-order valence-corrected chi connectivity index (χ4v) is 2.08. The molecule has 0 spiro atoms. The minimum Gasteiger partial charge on any atom is -0.464 e. The zero-order valence-electron chi connectivity index (χ0n) is 11.5. The number of aryl methyl sites for hydroxylation is 1. The third-order valence-corrected chi connectivity index (χ3v) is 3.24. The lowest BCUT2D eigenvalue weighted by Gasteiger charge is -2.13. The van der Waals surface area contributed by atoms with E-state index < -0.39 is 0 Å². The first-order valence-corrected chi connectivity index (χ1v) is 7.28. The standard InChI is InChI=1S/C13H18N4OS/c1-8-5-6-10(18-8)9(2)15-12-7-11(14-3)16-13(17-12)19-4/h5-7,9H,1-4H3,(H2,14,15,16,17). The van der Waals surface area contributed by atoms with Gasteiger partial charge in [0.15, 0.2) is 5.16 Å². The lowest BCUT2D eigenvalue weighted by molar-refractivity contribution is 0.466. The van der Waals surface area contributed by atoms with Gasteiger partial charge < -0.3 is 15.1 Å². The van der Waals surface area contributed by atoms with Gasteiger partial charge in [-0.3, -0.25) is 0 Å². The molecule has 0 saturated carbocycles. The lowest BCUT2D eigenvalue weighted by atomic mass is 10.2. The number of hydrogen-bond acceptors (Lipinski definition) is 6. The second-order valence-electron chi connectivity index (χ2n) is 4.19. The number of aromatic nitrogens is 2. The molecule has 2 N–H and O–H groups in total. The molecule has 0 saturated heterocycles. The van der Waals surface area contributed by atoms with Crippen LogP contribution >= 0.6 is 11.8 Å². The monoisotopic (exact) mass is 278 g/mol. The largest absolute Gasteiger partial charge is 0.464 e. The van der Waals surface area contributed by atoms with Crippen molar-refractivity contribution in [3.8, 4) is 0 Å². The van der Waals surface area contributed by atoms with Gasteiger partial charge in [-0.1, -0.05) is 11.8 Å². The summed E-state index contributed by atoms with van der Waals surface area (Å²) in [6, 6.07) is 5.87. The summed E-state index contributed by atoms with van der Waals surface area (Å²) in [6.07, 6.45) is 1.96. The fourth-order valence-electron chi connectivity index (χ4n) is 1.70. The maximum Gasteiger partial charge on any atom is 0.191 e. The van der Waals surface area contributed by atoms with Gasteiger partial charge in [0.05, 0.1) is 6.04 Å². The van der Waals surface area contributed by atoms with Crippen LogP contribution in [0.25, 0.3) is 0 Å². The summed E-state index contributed by atoms with van der Waals surface area (Å²) in [5.74, 6) is 3.38. The molecule has 2 heterocycles. The molecule has 0 bridgehead atoms. The van der Waals surface area contributed by atoms with Crippen molar-refractivity contribution in [1.29, 1.82) is 0 Å². The van der Waals surface area contributed by atoms with Crippen molar-refractivity contribution in [2.24, 2.45) is 0 Å². The smallest absolute Gasteiger partial charge is 0.191 e. The van der Waals surface area contributed by atoms with Gasteiger partial charge in [0.2, 0.25) is 0 Å². The molecule has 0 aliphatic heterocycles. The molecule has 6 heteroatoms. The molecule has 1 atom stereocenters. The number of rotatable bonds is 5. The van der Waals surface area contributed by atoms with E-state index in [9.17, 15) is 0 Å². The zero-order chi connectivity index (χ0) is 13.8. The number of hydrogen-bond donors (Lipinski definition) is 2. The molecule has 0 amide bonds. The molecule has 0 fully saturated rings. The summed E-state index contributed by atoms with van der Waals surface area (Å²) in [6.45, 7) is 3.98. The molecule has 0 aliphatic rings. The second-order valence-corrected chi connectivity index (χ2v) is 4.96. The van der Waals surface area contributed by atoms with E-state index in [0.29, 0.717) is 0 Å². The Balaban J connectivity index is 2.18. The van der Waals surface area contributed by atoms with Crippen LogP contribution in [0.3, 0.4) is 0 Å². The van der Waals surface area contributed by atoms with E-state index in [1.807, 2.05) is 45.4 Å². The Morgan fingerprint density at radius 1 is 1.26 bits per heavy atom. The molecular formula is C13H18N4OS. The third-order valence-electron chi connectivity index (χ3n) is 2.70. The number of anilines is 2. The van der Waals surface area contributed by atoms with E-state index in [0.717, 1.165) is 28.3 Å². The molecule has 102 valence electrons. The van der Waals surface area contributed by atoms with Crippen LogP contribution in [0.5, 0.6) is 0 Å². The number of furan rings is 1. The van der Waals surface area contributed by atoms with Crippen molar-refractivity contribution < 1.29 is 4.42 Å². The maximum atomic E-state index is 5.60. The molecule has 5 nitrogen and oxygen atoms in total. The molecule has 0 radical (unpaired) electrons. The maximum absolute atomic E-state index is 5.60. The van der Waals surface area contributed by atoms with Crippen LogP contribution in [-0.4, -0.2) is 23.3 Å². The fraction of sp³-hybridized carbons (Fsp3) is 0.385. The first-order valence-electron chi connectivity index (χ1n) is 6.06. The number of thioether (sulfide) groups is 1. The van der Waals surface area contributed by atoms with Gasteiger partial charge in [-0.05, 0) is 32.2 Å². The molecule has 0 aromatic carbocycles. The minimum atomic E-state index is 0.0583. The van der Waals surface area contributed by atoms with Crippen LogP contribution in [-0.2, 0) is 0 Å². The van der Waals surface area contributed by atoms with Crippen LogP contribution in [0.4, 0.5) is 11.6 Å². The SMILES string of the molecule is CNc1cc(NC(C)c2ccc(C)o2)nc(SC)n1. The first-order chi connectivity index (χ1) is 9.12. The molecule has 2 aromatic heterocycles. The average molecular weight is 278 g/mol. The first kappa shape index (κ1) is 13.7. The summed E-state index contributed by atoms with van der Waals surface area (Å²) in [5.41, 5.74) is 0. The van der Waals surface area contributed by atoms with Gasteiger partial charge in [0, 0.05) is 13.1 Å². The second kappa shape index (κ2) is 5.97.